The molecule has 2 heterocycles. The first kappa shape index (κ1) is 12.5. The monoisotopic (exact) mass is 303 g/mol. The van der Waals surface area contributed by atoms with E-state index in [-0.39, 0.29) is 12.6 Å². The summed E-state index contributed by atoms with van der Waals surface area (Å²) in [5.74, 6) is 1.03. The van der Waals surface area contributed by atoms with E-state index >= 15 is 0 Å². The number of anilines is 1. The minimum atomic E-state index is -0.102. The van der Waals surface area contributed by atoms with E-state index in [1.54, 1.807) is 13.3 Å². The Bertz CT molecular complexity index is 391. The fourth-order valence-electron chi connectivity index (χ4n) is 1.69. The average Bonchev–Trinajstić information content (AvgIpc) is 2.39. The fourth-order valence-corrected chi connectivity index (χ4v) is 2.05. The molecule has 0 radical (unpaired) electrons. The van der Waals surface area contributed by atoms with Crippen molar-refractivity contribution >= 4 is 21.9 Å². The molecule has 1 unspecified atom stereocenters. The first-order valence-electron chi connectivity index (χ1n) is 5.28. The Morgan fingerprint density at radius 2 is 2.53 bits per heavy atom. The van der Waals surface area contributed by atoms with E-state index in [2.05, 4.69) is 25.9 Å². The normalized spacial score (nSPS) is 20.4. The maximum atomic E-state index is 9.29. The molecule has 1 aliphatic heterocycles. The van der Waals surface area contributed by atoms with Crippen molar-refractivity contribution in [2.24, 2.45) is 0 Å². The van der Waals surface area contributed by atoms with Crippen molar-refractivity contribution in [3.63, 3.8) is 0 Å². The number of rotatable bonds is 3. The van der Waals surface area contributed by atoms with Gasteiger partial charge in [-0.25, -0.2) is 4.98 Å². The molecule has 6 nitrogen and oxygen atoms in total. The summed E-state index contributed by atoms with van der Waals surface area (Å²) in [5.41, 5.74) is 0. The molecule has 1 N–H and O–H groups in total. The van der Waals surface area contributed by atoms with Crippen LogP contribution in [0.5, 0.6) is 5.88 Å². The first-order chi connectivity index (χ1) is 8.26. The fraction of sp³-hybridized carbons (Fsp3) is 0.600. The Hall–Kier alpha value is -0.920. The average molecular weight is 304 g/mol. The lowest BCUT2D eigenvalue weighted by Crippen LogP contribution is -2.48. The van der Waals surface area contributed by atoms with E-state index in [1.807, 2.05) is 4.90 Å². The second kappa shape index (κ2) is 5.61. The summed E-state index contributed by atoms with van der Waals surface area (Å²) >= 11 is 3.30. The number of hydrogen-bond donors (Lipinski definition) is 1. The SMILES string of the molecule is COc1nc(N2CCOCC2CO)ncc1Br. The van der Waals surface area contributed by atoms with Crippen LogP contribution in [0.1, 0.15) is 0 Å². The molecule has 0 aliphatic carbocycles. The lowest BCUT2D eigenvalue weighted by atomic mass is 10.2. The van der Waals surface area contributed by atoms with Crippen LogP contribution in [-0.4, -0.2) is 54.6 Å². The van der Waals surface area contributed by atoms with Gasteiger partial charge in [0.05, 0.1) is 43.6 Å². The predicted molar refractivity (Wildman–Crippen MR) is 65.3 cm³/mol. The van der Waals surface area contributed by atoms with Gasteiger partial charge in [0.1, 0.15) is 0 Å². The summed E-state index contributed by atoms with van der Waals surface area (Å²) in [7, 11) is 1.56. The van der Waals surface area contributed by atoms with Crippen molar-refractivity contribution in [3.8, 4) is 5.88 Å². The van der Waals surface area contributed by atoms with Gasteiger partial charge < -0.3 is 19.5 Å². The van der Waals surface area contributed by atoms with E-state index < -0.39 is 0 Å². The molecule has 1 aliphatic rings. The summed E-state index contributed by atoms with van der Waals surface area (Å²) in [6.45, 7) is 1.77. The Balaban J connectivity index is 2.25. The first-order valence-corrected chi connectivity index (χ1v) is 6.07. The van der Waals surface area contributed by atoms with Crippen LogP contribution in [0, 0.1) is 0 Å². The lowest BCUT2D eigenvalue weighted by molar-refractivity contribution is 0.0717. The minimum Gasteiger partial charge on any atom is -0.480 e. The van der Waals surface area contributed by atoms with Gasteiger partial charge in [0.2, 0.25) is 11.8 Å². The number of aliphatic hydroxyl groups excluding tert-OH is 1. The topological polar surface area (TPSA) is 67.7 Å². The number of aromatic nitrogens is 2. The molecule has 0 bridgehead atoms. The number of hydrogen-bond acceptors (Lipinski definition) is 6. The van der Waals surface area contributed by atoms with Crippen LogP contribution in [0.4, 0.5) is 5.95 Å². The Morgan fingerprint density at radius 3 is 3.24 bits per heavy atom. The number of methoxy groups -OCH3 is 1. The molecule has 0 aromatic carbocycles. The molecule has 1 saturated heterocycles. The van der Waals surface area contributed by atoms with Crippen molar-refractivity contribution in [3.05, 3.63) is 10.7 Å². The maximum absolute atomic E-state index is 9.29. The largest absolute Gasteiger partial charge is 0.480 e. The molecule has 1 aromatic heterocycles. The van der Waals surface area contributed by atoms with Crippen LogP contribution in [0.3, 0.4) is 0 Å². The molecule has 94 valence electrons. The second-order valence-corrected chi connectivity index (χ2v) is 4.49. The molecule has 7 heteroatoms. The standard InChI is InChI=1S/C10H14BrN3O3/c1-16-9-8(11)4-12-10(13-9)14-2-3-17-6-7(14)5-15/h4,7,15H,2-3,5-6H2,1H3. The highest BCUT2D eigenvalue weighted by atomic mass is 79.9. The highest BCUT2D eigenvalue weighted by molar-refractivity contribution is 9.10. The number of nitrogens with zero attached hydrogens (tertiary/aromatic N) is 3. The van der Waals surface area contributed by atoms with Crippen molar-refractivity contribution < 1.29 is 14.6 Å². The van der Waals surface area contributed by atoms with Crippen LogP contribution in [0.2, 0.25) is 0 Å². The summed E-state index contributed by atoms with van der Waals surface area (Å²) in [6.07, 6.45) is 1.64. The van der Waals surface area contributed by atoms with E-state index in [1.165, 1.54) is 0 Å². The third-order valence-electron chi connectivity index (χ3n) is 2.59. The Kier molecular flexibility index (Phi) is 4.14. The summed E-state index contributed by atoms with van der Waals surface area (Å²) in [5, 5.41) is 9.29. The van der Waals surface area contributed by atoms with Crippen LogP contribution >= 0.6 is 15.9 Å². The summed E-state index contributed by atoms with van der Waals surface area (Å²) in [6, 6.07) is -0.102. The zero-order valence-electron chi connectivity index (χ0n) is 9.47. The van der Waals surface area contributed by atoms with E-state index in [4.69, 9.17) is 9.47 Å². The van der Waals surface area contributed by atoms with Gasteiger partial charge >= 0.3 is 0 Å². The molecule has 1 aromatic rings. The van der Waals surface area contributed by atoms with Crippen molar-refractivity contribution in [1.29, 1.82) is 0 Å². The quantitative estimate of drug-likeness (QED) is 0.874. The molecule has 1 fully saturated rings. The smallest absolute Gasteiger partial charge is 0.232 e. The molecular formula is C10H14BrN3O3. The molecule has 0 saturated carbocycles. The molecule has 0 spiro atoms. The van der Waals surface area contributed by atoms with E-state index in [9.17, 15) is 5.11 Å². The number of halogens is 1. The van der Waals surface area contributed by atoms with Crippen molar-refractivity contribution in [1.82, 2.24) is 9.97 Å². The van der Waals surface area contributed by atoms with Gasteiger partial charge in [0.25, 0.3) is 0 Å². The Morgan fingerprint density at radius 1 is 1.71 bits per heavy atom. The Labute approximate surface area is 108 Å². The lowest BCUT2D eigenvalue weighted by Gasteiger charge is -2.34. The summed E-state index contributed by atoms with van der Waals surface area (Å²) in [4.78, 5) is 10.5. The number of morpholine rings is 1. The minimum absolute atomic E-state index is 0.0156. The molecule has 2 rings (SSSR count). The zero-order valence-corrected chi connectivity index (χ0v) is 11.1. The van der Waals surface area contributed by atoms with E-state index in [0.717, 1.165) is 0 Å². The molecule has 0 amide bonds. The van der Waals surface area contributed by atoms with Gasteiger partial charge in [-0.15, -0.1) is 0 Å². The van der Waals surface area contributed by atoms with E-state index in [0.29, 0.717) is 36.1 Å². The maximum Gasteiger partial charge on any atom is 0.232 e. The third-order valence-corrected chi connectivity index (χ3v) is 3.13. The van der Waals surface area contributed by atoms with Gasteiger partial charge in [-0.1, -0.05) is 0 Å². The third kappa shape index (κ3) is 2.67. The van der Waals surface area contributed by atoms with Gasteiger partial charge in [-0.3, -0.25) is 0 Å². The van der Waals surface area contributed by atoms with Crippen LogP contribution in [0.25, 0.3) is 0 Å². The molecule has 17 heavy (non-hydrogen) atoms. The second-order valence-electron chi connectivity index (χ2n) is 3.63. The van der Waals surface area contributed by atoms with Crippen LogP contribution in [-0.2, 0) is 4.74 Å². The van der Waals surface area contributed by atoms with Crippen LogP contribution < -0.4 is 9.64 Å². The highest BCUT2D eigenvalue weighted by Gasteiger charge is 2.25. The van der Waals surface area contributed by atoms with Gasteiger partial charge in [0.15, 0.2) is 0 Å². The zero-order chi connectivity index (χ0) is 12.3. The van der Waals surface area contributed by atoms with Crippen LogP contribution in [0.15, 0.2) is 10.7 Å². The molecular weight excluding hydrogens is 290 g/mol. The van der Waals surface area contributed by atoms with Gasteiger partial charge in [-0.05, 0) is 15.9 Å². The number of aliphatic hydroxyl groups is 1. The highest BCUT2D eigenvalue weighted by Crippen LogP contribution is 2.24. The van der Waals surface area contributed by atoms with Gasteiger partial charge in [-0.2, -0.15) is 4.98 Å². The molecule has 1 atom stereocenters. The van der Waals surface area contributed by atoms with Crippen molar-refractivity contribution in [2.45, 2.75) is 6.04 Å². The summed E-state index contributed by atoms with van der Waals surface area (Å²) < 4.78 is 11.1. The predicted octanol–water partition coefficient (Wildman–Crippen LogP) is 0.445. The van der Waals surface area contributed by atoms with Gasteiger partial charge in [0, 0.05) is 6.54 Å². The van der Waals surface area contributed by atoms with Crippen molar-refractivity contribution in [2.75, 3.05) is 38.4 Å². The number of ether oxygens (including phenoxy) is 2.